The summed E-state index contributed by atoms with van der Waals surface area (Å²) in [5.41, 5.74) is -1.41. The third kappa shape index (κ3) is 3.92. The Bertz CT molecular complexity index is 972. The molecule has 2 aromatic carbocycles. The molecule has 1 atom stereocenters. The summed E-state index contributed by atoms with van der Waals surface area (Å²) in [4.78, 5) is 2.99. The lowest BCUT2D eigenvalue weighted by molar-refractivity contribution is -0.266. The van der Waals surface area contributed by atoms with Crippen LogP contribution in [0.25, 0.3) is 10.9 Å². The molecule has 3 rings (SSSR count). The third-order valence-electron chi connectivity index (χ3n) is 5.31. The number of aromatic nitrogens is 1. The molecule has 150 valence electrons. The van der Waals surface area contributed by atoms with Crippen LogP contribution in [0.3, 0.4) is 0 Å². The molecule has 2 N–H and O–H groups in total. The predicted octanol–water partition coefficient (Wildman–Crippen LogP) is 5.82. The molecular weight excluding hydrogens is 370 g/mol. The molecule has 1 aromatic heterocycles. The van der Waals surface area contributed by atoms with Crippen LogP contribution in [0.2, 0.25) is 0 Å². The van der Waals surface area contributed by atoms with Gasteiger partial charge in [-0.15, -0.1) is 0 Å². The molecule has 2 nitrogen and oxygen atoms in total. The maximum absolute atomic E-state index is 13.9. The number of aromatic amines is 1. The molecule has 0 amide bonds. The standard InChI is InChI=1S/C22H23F4NO/c1-14-5-4-6-19-18(14)11-17(27-19)12-21(28,22(24,25)26)13-20(2,3)15-7-9-16(23)10-8-15/h4-11,27-28H,12-13H2,1-3H3. The fourth-order valence-electron chi connectivity index (χ4n) is 3.77. The van der Waals surface area contributed by atoms with Crippen molar-refractivity contribution in [3.05, 3.63) is 71.2 Å². The fourth-order valence-corrected chi connectivity index (χ4v) is 3.77. The van der Waals surface area contributed by atoms with E-state index in [0.717, 1.165) is 16.5 Å². The quantitative estimate of drug-likeness (QED) is 0.527. The number of benzene rings is 2. The Morgan fingerprint density at radius 3 is 2.21 bits per heavy atom. The minimum Gasteiger partial charge on any atom is -0.380 e. The first-order valence-corrected chi connectivity index (χ1v) is 9.04. The van der Waals surface area contributed by atoms with Gasteiger partial charge in [0.15, 0.2) is 5.60 Å². The molecule has 0 bridgehead atoms. The summed E-state index contributed by atoms with van der Waals surface area (Å²) >= 11 is 0. The largest absolute Gasteiger partial charge is 0.417 e. The molecule has 1 unspecified atom stereocenters. The molecule has 6 heteroatoms. The van der Waals surface area contributed by atoms with Crippen molar-refractivity contribution in [2.24, 2.45) is 0 Å². The summed E-state index contributed by atoms with van der Waals surface area (Å²) in [6.45, 7) is 5.12. The van der Waals surface area contributed by atoms with E-state index in [9.17, 15) is 22.7 Å². The normalized spacial score (nSPS) is 15.0. The minimum absolute atomic E-state index is 0.319. The highest BCUT2D eigenvalue weighted by atomic mass is 19.4. The van der Waals surface area contributed by atoms with Gasteiger partial charge in [-0.2, -0.15) is 13.2 Å². The summed E-state index contributed by atoms with van der Waals surface area (Å²) in [7, 11) is 0. The molecule has 0 aliphatic carbocycles. The Morgan fingerprint density at radius 1 is 1.00 bits per heavy atom. The van der Waals surface area contributed by atoms with Gasteiger partial charge < -0.3 is 10.1 Å². The number of aryl methyl sites for hydroxylation is 1. The van der Waals surface area contributed by atoms with Gasteiger partial charge in [-0.3, -0.25) is 0 Å². The van der Waals surface area contributed by atoms with Gasteiger partial charge in [0.05, 0.1) is 0 Å². The van der Waals surface area contributed by atoms with E-state index in [1.165, 1.54) is 24.3 Å². The van der Waals surface area contributed by atoms with E-state index < -0.39 is 35.9 Å². The number of alkyl halides is 3. The van der Waals surface area contributed by atoms with Crippen LogP contribution in [-0.4, -0.2) is 21.9 Å². The third-order valence-corrected chi connectivity index (χ3v) is 5.31. The van der Waals surface area contributed by atoms with Crippen LogP contribution in [0.15, 0.2) is 48.5 Å². The van der Waals surface area contributed by atoms with Crippen molar-refractivity contribution in [2.45, 2.75) is 50.8 Å². The molecule has 28 heavy (non-hydrogen) atoms. The lowest BCUT2D eigenvalue weighted by atomic mass is 9.73. The number of nitrogens with one attached hydrogen (secondary N) is 1. The van der Waals surface area contributed by atoms with Crippen LogP contribution in [0.4, 0.5) is 17.6 Å². The number of rotatable bonds is 5. The Kier molecular flexibility index (Phi) is 5.04. The average Bonchev–Trinajstić information content (AvgIpc) is 2.97. The molecule has 0 radical (unpaired) electrons. The van der Waals surface area contributed by atoms with Crippen molar-refractivity contribution in [1.82, 2.24) is 4.98 Å². The van der Waals surface area contributed by atoms with Crippen LogP contribution in [0.5, 0.6) is 0 Å². The number of halogens is 4. The average molecular weight is 393 g/mol. The smallest absolute Gasteiger partial charge is 0.380 e. The molecule has 1 heterocycles. The van der Waals surface area contributed by atoms with Crippen molar-refractivity contribution in [2.75, 3.05) is 0 Å². The lowest BCUT2D eigenvalue weighted by Crippen LogP contribution is -2.50. The van der Waals surface area contributed by atoms with Gasteiger partial charge in [-0.1, -0.05) is 38.1 Å². The van der Waals surface area contributed by atoms with Crippen molar-refractivity contribution in [3.8, 4) is 0 Å². The maximum Gasteiger partial charge on any atom is 0.417 e. The Balaban J connectivity index is 1.95. The van der Waals surface area contributed by atoms with Crippen LogP contribution in [0, 0.1) is 12.7 Å². The zero-order valence-corrected chi connectivity index (χ0v) is 16.0. The molecule has 0 spiro atoms. The molecule has 0 saturated carbocycles. The van der Waals surface area contributed by atoms with Gasteiger partial charge in [-0.25, -0.2) is 4.39 Å². The molecular formula is C22H23F4NO. The van der Waals surface area contributed by atoms with E-state index in [0.29, 0.717) is 11.3 Å². The van der Waals surface area contributed by atoms with Crippen molar-refractivity contribution in [1.29, 1.82) is 0 Å². The summed E-state index contributed by atoms with van der Waals surface area (Å²) < 4.78 is 54.9. The van der Waals surface area contributed by atoms with Crippen molar-refractivity contribution >= 4 is 10.9 Å². The van der Waals surface area contributed by atoms with Gasteiger partial charge in [0, 0.05) is 23.0 Å². The first kappa shape index (κ1) is 20.4. The second-order valence-corrected chi connectivity index (χ2v) is 8.10. The van der Waals surface area contributed by atoms with E-state index in [1.54, 1.807) is 26.0 Å². The maximum atomic E-state index is 13.9. The van der Waals surface area contributed by atoms with Crippen LogP contribution in [0.1, 0.15) is 37.1 Å². The summed E-state index contributed by atoms with van der Waals surface area (Å²) in [5.74, 6) is -0.459. The molecule has 0 fully saturated rings. The fraction of sp³-hybridized carbons (Fsp3) is 0.364. The van der Waals surface area contributed by atoms with E-state index >= 15 is 0 Å². The molecule has 0 aliphatic heterocycles. The summed E-state index contributed by atoms with van der Waals surface area (Å²) in [5, 5.41) is 11.6. The Hall–Kier alpha value is -2.34. The molecule has 0 aliphatic rings. The lowest BCUT2D eigenvalue weighted by Gasteiger charge is -2.38. The summed E-state index contributed by atoms with van der Waals surface area (Å²) in [6.07, 6.45) is -5.96. The van der Waals surface area contributed by atoms with Crippen molar-refractivity contribution in [3.63, 3.8) is 0 Å². The molecule has 3 aromatic rings. The predicted molar refractivity (Wildman–Crippen MR) is 102 cm³/mol. The Morgan fingerprint density at radius 2 is 1.64 bits per heavy atom. The highest BCUT2D eigenvalue weighted by molar-refractivity contribution is 5.83. The monoisotopic (exact) mass is 393 g/mol. The first-order chi connectivity index (χ1) is 12.9. The zero-order chi connectivity index (χ0) is 20.7. The van der Waals surface area contributed by atoms with E-state index in [1.807, 2.05) is 19.1 Å². The summed E-state index contributed by atoms with van der Waals surface area (Å²) in [6, 6.07) is 12.5. The number of H-pyrrole nitrogens is 1. The second kappa shape index (κ2) is 6.92. The van der Waals surface area contributed by atoms with Gasteiger partial charge in [-0.05, 0) is 54.2 Å². The Labute approximate surface area is 161 Å². The highest BCUT2D eigenvalue weighted by Crippen LogP contribution is 2.43. The minimum atomic E-state index is -4.82. The van der Waals surface area contributed by atoms with Crippen LogP contribution >= 0.6 is 0 Å². The molecule has 0 saturated heterocycles. The van der Waals surface area contributed by atoms with Gasteiger partial charge in [0.25, 0.3) is 0 Å². The topological polar surface area (TPSA) is 36.0 Å². The van der Waals surface area contributed by atoms with Gasteiger partial charge in [0.1, 0.15) is 5.82 Å². The van der Waals surface area contributed by atoms with E-state index in [4.69, 9.17) is 0 Å². The van der Waals surface area contributed by atoms with Crippen LogP contribution < -0.4 is 0 Å². The number of hydrogen-bond acceptors (Lipinski definition) is 1. The second-order valence-electron chi connectivity index (χ2n) is 8.10. The van der Waals surface area contributed by atoms with Gasteiger partial charge in [0.2, 0.25) is 0 Å². The van der Waals surface area contributed by atoms with Crippen LogP contribution in [-0.2, 0) is 11.8 Å². The number of fused-ring (bicyclic) bond motifs is 1. The number of hydrogen-bond donors (Lipinski definition) is 2. The first-order valence-electron chi connectivity index (χ1n) is 9.04. The SMILES string of the molecule is Cc1cccc2[nH]c(CC(O)(CC(C)(C)c3ccc(F)cc3)C(F)(F)F)cc12. The van der Waals surface area contributed by atoms with E-state index in [-0.39, 0.29) is 0 Å². The van der Waals surface area contributed by atoms with Crippen molar-refractivity contribution < 1.29 is 22.7 Å². The van der Waals surface area contributed by atoms with E-state index in [2.05, 4.69) is 4.98 Å². The van der Waals surface area contributed by atoms with Gasteiger partial charge >= 0.3 is 6.18 Å². The zero-order valence-electron chi connectivity index (χ0n) is 16.0. The highest BCUT2D eigenvalue weighted by Gasteiger charge is 2.56. The number of aliphatic hydroxyl groups is 1.